The number of rotatable bonds is 5. The third kappa shape index (κ3) is 4.55. The zero-order valence-electron chi connectivity index (χ0n) is 14.7. The molecule has 0 radical (unpaired) electrons. The summed E-state index contributed by atoms with van der Waals surface area (Å²) in [5.41, 5.74) is 3.17. The van der Waals surface area contributed by atoms with Crippen LogP contribution in [0.15, 0.2) is 42.5 Å². The number of likely N-dealkylation sites (tertiary alicyclic amines) is 1. The standard InChI is InChI=1S/C20H22ClN3O2/c1-14-4-7-16(21)12-18(14)22-13-19(25)23-17-8-5-15(6-9-17)20(26)24-10-2-3-11-24/h4-9,12,22H,2-3,10-11,13H2,1H3,(H,23,25). The number of hydrogen-bond acceptors (Lipinski definition) is 3. The molecule has 2 aromatic rings. The van der Waals surface area contributed by atoms with E-state index in [0.717, 1.165) is 37.2 Å². The van der Waals surface area contributed by atoms with E-state index in [0.29, 0.717) is 16.3 Å². The predicted molar refractivity (Wildman–Crippen MR) is 105 cm³/mol. The summed E-state index contributed by atoms with van der Waals surface area (Å²) in [5, 5.41) is 6.53. The van der Waals surface area contributed by atoms with E-state index in [2.05, 4.69) is 10.6 Å². The first-order chi connectivity index (χ1) is 12.5. The molecule has 1 heterocycles. The van der Waals surface area contributed by atoms with Crippen molar-refractivity contribution in [2.75, 3.05) is 30.3 Å². The molecular weight excluding hydrogens is 350 g/mol. The van der Waals surface area contributed by atoms with Gasteiger partial charge >= 0.3 is 0 Å². The van der Waals surface area contributed by atoms with Crippen molar-refractivity contribution in [2.24, 2.45) is 0 Å². The molecule has 6 heteroatoms. The monoisotopic (exact) mass is 371 g/mol. The summed E-state index contributed by atoms with van der Waals surface area (Å²) >= 11 is 5.98. The Kier molecular flexibility index (Phi) is 5.78. The maximum Gasteiger partial charge on any atom is 0.253 e. The van der Waals surface area contributed by atoms with Gasteiger partial charge in [0.05, 0.1) is 6.54 Å². The van der Waals surface area contributed by atoms with Gasteiger partial charge in [-0.1, -0.05) is 17.7 Å². The molecule has 3 rings (SSSR count). The maximum absolute atomic E-state index is 12.3. The molecule has 1 fully saturated rings. The molecule has 2 amide bonds. The average Bonchev–Trinajstić information content (AvgIpc) is 3.17. The van der Waals surface area contributed by atoms with E-state index in [4.69, 9.17) is 11.6 Å². The minimum atomic E-state index is -0.164. The summed E-state index contributed by atoms with van der Waals surface area (Å²) in [6.45, 7) is 3.74. The zero-order valence-corrected chi connectivity index (χ0v) is 15.5. The van der Waals surface area contributed by atoms with E-state index in [-0.39, 0.29) is 18.4 Å². The van der Waals surface area contributed by atoms with E-state index in [1.807, 2.05) is 24.0 Å². The van der Waals surface area contributed by atoms with Gasteiger partial charge in [-0.3, -0.25) is 9.59 Å². The SMILES string of the molecule is Cc1ccc(Cl)cc1NCC(=O)Nc1ccc(C(=O)N2CCCC2)cc1. The van der Waals surface area contributed by atoms with Crippen LogP contribution in [0.2, 0.25) is 5.02 Å². The fourth-order valence-corrected chi connectivity index (χ4v) is 3.14. The van der Waals surface area contributed by atoms with Crippen LogP contribution >= 0.6 is 11.6 Å². The van der Waals surface area contributed by atoms with Crippen molar-refractivity contribution in [3.63, 3.8) is 0 Å². The molecule has 1 aliphatic rings. The van der Waals surface area contributed by atoms with Gasteiger partial charge < -0.3 is 15.5 Å². The van der Waals surface area contributed by atoms with Crippen LogP contribution in [0.5, 0.6) is 0 Å². The second kappa shape index (κ2) is 8.23. The molecule has 2 aromatic carbocycles. The first kappa shape index (κ1) is 18.3. The number of anilines is 2. The van der Waals surface area contributed by atoms with Gasteiger partial charge in [-0.15, -0.1) is 0 Å². The summed E-state index contributed by atoms with van der Waals surface area (Å²) in [4.78, 5) is 26.3. The van der Waals surface area contributed by atoms with Crippen molar-refractivity contribution in [3.8, 4) is 0 Å². The third-order valence-corrected chi connectivity index (χ3v) is 4.68. The normalized spacial score (nSPS) is 13.5. The number of carbonyl (C=O) groups excluding carboxylic acids is 2. The highest BCUT2D eigenvalue weighted by atomic mass is 35.5. The lowest BCUT2D eigenvalue weighted by molar-refractivity contribution is -0.114. The van der Waals surface area contributed by atoms with Gasteiger partial charge in [-0.05, 0) is 61.7 Å². The molecule has 0 saturated carbocycles. The summed E-state index contributed by atoms with van der Waals surface area (Å²) in [6, 6.07) is 12.5. The molecule has 0 unspecified atom stereocenters. The lowest BCUT2D eigenvalue weighted by atomic mass is 10.2. The second-order valence-corrected chi connectivity index (χ2v) is 6.87. The number of carbonyl (C=O) groups is 2. The molecule has 26 heavy (non-hydrogen) atoms. The summed E-state index contributed by atoms with van der Waals surface area (Å²) in [6.07, 6.45) is 2.14. The van der Waals surface area contributed by atoms with E-state index >= 15 is 0 Å². The fraction of sp³-hybridized carbons (Fsp3) is 0.300. The molecule has 5 nitrogen and oxygen atoms in total. The Morgan fingerprint density at radius 2 is 1.77 bits per heavy atom. The topological polar surface area (TPSA) is 61.4 Å². The van der Waals surface area contributed by atoms with Gasteiger partial charge in [0.2, 0.25) is 5.91 Å². The van der Waals surface area contributed by atoms with E-state index in [9.17, 15) is 9.59 Å². The molecule has 2 N–H and O–H groups in total. The van der Waals surface area contributed by atoms with Crippen LogP contribution in [0.4, 0.5) is 11.4 Å². The molecule has 0 aromatic heterocycles. The van der Waals surface area contributed by atoms with Gasteiger partial charge in [-0.2, -0.15) is 0 Å². The quantitative estimate of drug-likeness (QED) is 0.837. The van der Waals surface area contributed by atoms with Crippen LogP contribution in [0.1, 0.15) is 28.8 Å². The number of amides is 2. The Morgan fingerprint density at radius 1 is 1.08 bits per heavy atom. The Hall–Kier alpha value is -2.53. The Balaban J connectivity index is 1.54. The highest BCUT2D eigenvalue weighted by Gasteiger charge is 2.19. The third-order valence-electron chi connectivity index (χ3n) is 4.45. The summed E-state index contributed by atoms with van der Waals surface area (Å²) in [7, 11) is 0. The number of hydrogen-bond donors (Lipinski definition) is 2. The Labute approximate surface area is 158 Å². The number of aryl methyl sites for hydroxylation is 1. The van der Waals surface area contributed by atoms with Crippen molar-refractivity contribution in [2.45, 2.75) is 19.8 Å². The average molecular weight is 372 g/mol. The summed E-state index contributed by atoms with van der Waals surface area (Å²) in [5.74, 6) is -0.110. The minimum Gasteiger partial charge on any atom is -0.376 e. The molecule has 0 atom stereocenters. The van der Waals surface area contributed by atoms with Crippen molar-refractivity contribution < 1.29 is 9.59 Å². The number of nitrogens with zero attached hydrogens (tertiary/aromatic N) is 1. The minimum absolute atomic E-state index is 0.0541. The lowest BCUT2D eigenvalue weighted by Crippen LogP contribution is -2.27. The smallest absolute Gasteiger partial charge is 0.253 e. The Morgan fingerprint density at radius 3 is 2.46 bits per heavy atom. The van der Waals surface area contributed by atoms with Crippen molar-refractivity contribution in [1.82, 2.24) is 4.90 Å². The van der Waals surface area contributed by atoms with E-state index < -0.39 is 0 Å². The maximum atomic E-state index is 12.3. The number of halogens is 1. The Bertz CT molecular complexity index is 799. The molecule has 0 spiro atoms. The number of nitrogens with one attached hydrogen (secondary N) is 2. The fourth-order valence-electron chi connectivity index (χ4n) is 2.96. The summed E-state index contributed by atoms with van der Waals surface area (Å²) < 4.78 is 0. The van der Waals surface area contributed by atoms with Crippen LogP contribution < -0.4 is 10.6 Å². The van der Waals surface area contributed by atoms with E-state index in [1.54, 1.807) is 30.3 Å². The van der Waals surface area contributed by atoms with Crippen molar-refractivity contribution in [3.05, 3.63) is 58.6 Å². The van der Waals surface area contributed by atoms with Crippen LogP contribution in [-0.2, 0) is 4.79 Å². The first-order valence-electron chi connectivity index (χ1n) is 8.72. The number of benzene rings is 2. The zero-order chi connectivity index (χ0) is 18.5. The van der Waals surface area contributed by atoms with E-state index in [1.165, 1.54) is 0 Å². The van der Waals surface area contributed by atoms with Crippen LogP contribution in [-0.4, -0.2) is 36.3 Å². The largest absolute Gasteiger partial charge is 0.376 e. The molecule has 0 aliphatic carbocycles. The molecular formula is C20H22ClN3O2. The molecule has 136 valence electrons. The van der Waals surface area contributed by atoms with Gasteiger partial charge in [0, 0.05) is 35.1 Å². The predicted octanol–water partition coefficient (Wildman–Crippen LogP) is 3.94. The molecule has 0 bridgehead atoms. The van der Waals surface area contributed by atoms with Gasteiger partial charge in [0.15, 0.2) is 0 Å². The lowest BCUT2D eigenvalue weighted by Gasteiger charge is -2.15. The van der Waals surface area contributed by atoms with Crippen molar-refractivity contribution in [1.29, 1.82) is 0 Å². The van der Waals surface area contributed by atoms with Crippen LogP contribution in [0, 0.1) is 6.92 Å². The highest BCUT2D eigenvalue weighted by molar-refractivity contribution is 6.30. The first-order valence-corrected chi connectivity index (χ1v) is 9.10. The van der Waals surface area contributed by atoms with Crippen LogP contribution in [0.3, 0.4) is 0 Å². The molecule has 1 aliphatic heterocycles. The second-order valence-electron chi connectivity index (χ2n) is 6.44. The van der Waals surface area contributed by atoms with Crippen LogP contribution in [0.25, 0.3) is 0 Å². The van der Waals surface area contributed by atoms with Gasteiger partial charge in [0.1, 0.15) is 0 Å². The van der Waals surface area contributed by atoms with Crippen molar-refractivity contribution >= 4 is 34.8 Å². The van der Waals surface area contributed by atoms with Gasteiger partial charge in [0.25, 0.3) is 5.91 Å². The highest BCUT2D eigenvalue weighted by Crippen LogP contribution is 2.20. The van der Waals surface area contributed by atoms with Gasteiger partial charge in [-0.25, -0.2) is 0 Å². The molecule has 1 saturated heterocycles.